The molecule has 0 radical (unpaired) electrons. The Labute approximate surface area is 342 Å². The molecule has 0 aliphatic rings. The van der Waals surface area contributed by atoms with Gasteiger partial charge in [0, 0.05) is 43.8 Å². The van der Waals surface area contributed by atoms with Crippen LogP contribution in [0.25, 0.3) is 34.2 Å². The first kappa shape index (κ1) is 45.4. The third kappa shape index (κ3) is 15.2. The smallest absolute Gasteiger partial charge is 0.306 e. The van der Waals surface area contributed by atoms with Crippen LogP contribution in [0.1, 0.15) is 91.9 Å². The molecule has 0 saturated heterocycles. The molecule has 58 heavy (non-hydrogen) atoms. The van der Waals surface area contributed by atoms with Crippen molar-refractivity contribution >= 4 is 11.9 Å². The Morgan fingerprint density at radius 1 is 0.552 bits per heavy atom. The topological polar surface area (TPSA) is 169 Å². The van der Waals surface area contributed by atoms with Crippen molar-refractivity contribution in [2.45, 2.75) is 104 Å². The van der Waals surface area contributed by atoms with E-state index in [4.69, 9.17) is 28.4 Å². The number of esters is 2. The van der Waals surface area contributed by atoms with Crippen LogP contribution in [0.5, 0.6) is 23.0 Å². The number of phenols is 2. The highest BCUT2D eigenvalue weighted by Crippen LogP contribution is 2.35. The van der Waals surface area contributed by atoms with E-state index < -0.39 is 12.2 Å². The van der Waals surface area contributed by atoms with Crippen molar-refractivity contribution in [1.29, 1.82) is 0 Å². The van der Waals surface area contributed by atoms with E-state index in [1.165, 1.54) is 12.1 Å². The van der Waals surface area contributed by atoms with Gasteiger partial charge in [-0.2, -0.15) is 0 Å². The number of rotatable bonds is 27. The van der Waals surface area contributed by atoms with Crippen LogP contribution in [-0.2, 0) is 28.5 Å². The number of phenolic OH excluding ortho intramolecular Hbond substituents is 2. The molecule has 0 amide bonds. The number of benzene rings is 3. The maximum absolute atomic E-state index is 12.4. The van der Waals surface area contributed by atoms with Crippen molar-refractivity contribution in [3.63, 3.8) is 0 Å². The van der Waals surface area contributed by atoms with E-state index in [2.05, 4.69) is 28.8 Å². The molecule has 1 aromatic heterocycles. The summed E-state index contributed by atoms with van der Waals surface area (Å²) in [5.41, 5.74) is 1.31. The Kier molecular flexibility index (Phi) is 19.7. The standard InChI is InChI=1S/C45H59N3O10/c1-5-9-18-41(51)57-35(28-53-24-11-7-3)30-55-33-20-22-37(39(49)26-33)44-46-43(32-16-14-13-15-17-32)47-45(48-44)38-23-21-34(27-40(38)50)56-31-36(29-54-25-12-8-4)58-42(52)19-10-6-2/h13-17,20-23,26-27,35-36,49-50H,5-12,18-19,24-25,28-31H2,1-4H3. The minimum Gasteiger partial charge on any atom is -0.507 e. The van der Waals surface area contributed by atoms with Gasteiger partial charge in [-0.15, -0.1) is 0 Å². The summed E-state index contributed by atoms with van der Waals surface area (Å²) in [4.78, 5) is 38.8. The molecular weight excluding hydrogens is 743 g/mol. The third-order valence-corrected chi connectivity index (χ3v) is 8.92. The molecule has 0 aliphatic heterocycles. The number of nitrogens with zero attached hydrogens (tertiary/aromatic N) is 3. The molecule has 0 saturated carbocycles. The summed E-state index contributed by atoms with van der Waals surface area (Å²) in [5.74, 6) is 0.428. The van der Waals surface area contributed by atoms with Gasteiger partial charge in [-0.05, 0) is 49.9 Å². The summed E-state index contributed by atoms with van der Waals surface area (Å²) in [6.45, 7) is 9.73. The number of aromatic nitrogens is 3. The monoisotopic (exact) mass is 801 g/mol. The van der Waals surface area contributed by atoms with Gasteiger partial charge in [0.2, 0.25) is 0 Å². The lowest BCUT2D eigenvalue weighted by atomic mass is 10.1. The van der Waals surface area contributed by atoms with Gasteiger partial charge in [0.05, 0.1) is 24.3 Å². The second kappa shape index (κ2) is 25.2. The predicted molar refractivity (Wildman–Crippen MR) is 221 cm³/mol. The second-order valence-electron chi connectivity index (χ2n) is 13.9. The summed E-state index contributed by atoms with van der Waals surface area (Å²) in [5, 5.41) is 22.5. The first-order valence-electron chi connectivity index (χ1n) is 20.5. The third-order valence-electron chi connectivity index (χ3n) is 8.92. The van der Waals surface area contributed by atoms with E-state index in [-0.39, 0.29) is 61.5 Å². The number of unbranched alkanes of at least 4 members (excludes halogenated alkanes) is 4. The molecule has 3 aromatic carbocycles. The number of ether oxygens (including phenoxy) is 6. The highest BCUT2D eigenvalue weighted by atomic mass is 16.6. The summed E-state index contributed by atoms with van der Waals surface area (Å²) in [6.07, 6.45) is 6.38. The van der Waals surface area contributed by atoms with E-state index in [0.717, 1.165) is 51.4 Å². The summed E-state index contributed by atoms with van der Waals surface area (Å²) in [7, 11) is 0. The normalized spacial score (nSPS) is 12.1. The predicted octanol–water partition coefficient (Wildman–Crippen LogP) is 8.88. The van der Waals surface area contributed by atoms with Crippen LogP contribution < -0.4 is 9.47 Å². The maximum Gasteiger partial charge on any atom is 0.306 e. The van der Waals surface area contributed by atoms with Crippen molar-refractivity contribution in [2.75, 3.05) is 39.6 Å². The van der Waals surface area contributed by atoms with Crippen LogP contribution in [0, 0.1) is 0 Å². The molecule has 4 aromatic rings. The first-order chi connectivity index (χ1) is 28.2. The van der Waals surface area contributed by atoms with Gasteiger partial charge < -0.3 is 38.6 Å². The molecule has 314 valence electrons. The van der Waals surface area contributed by atoms with Crippen molar-refractivity contribution in [1.82, 2.24) is 15.0 Å². The average molecular weight is 802 g/mol. The van der Waals surface area contributed by atoms with Crippen molar-refractivity contribution < 1.29 is 48.2 Å². The maximum atomic E-state index is 12.4. The highest BCUT2D eigenvalue weighted by molar-refractivity contribution is 5.73. The Balaban J connectivity index is 1.55. The molecule has 0 fully saturated rings. The number of carbonyl (C=O) groups excluding carboxylic acids is 2. The van der Waals surface area contributed by atoms with Gasteiger partial charge in [0.15, 0.2) is 29.7 Å². The van der Waals surface area contributed by atoms with Gasteiger partial charge in [-0.1, -0.05) is 83.7 Å². The van der Waals surface area contributed by atoms with E-state index in [0.29, 0.717) is 60.1 Å². The largest absolute Gasteiger partial charge is 0.507 e. The van der Waals surface area contributed by atoms with Crippen LogP contribution in [0.3, 0.4) is 0 Å². The zero-order valence-electron chi connectivity index (χ0n) is 34.3. The molecule has 0 bridgehead atoms. The molecule has 13 heteroatoms. The van der Waals surface area contributed by atoms with Gasteiger partial charge in [-0.25, -0.2) is 15.0 Å². The lowest BCUT2D eigenvalue weighted by molar-refractivity contribution is -0.155. The number of hydrogen-bond acceptors (Lipinski definition) is 13. The quantitative estimate of drug-likeness (QED) is 0.0434. The Morgan fingerprint density at radius 3 is 1.40 bits per heavy atom. The SMILES string of the molecule is CCCCOCC(COc1ccc(-c2nc(-c3ccccc3)nc(-c3ccc(OCC(COCCCC)OC(=O)CCCC)cc3O)n2)c(O)c1)OC(=O)CCCC. The lowest BCUT2D eigenvalue weighted by Crippen LogP contribution is -2.30. The fourth-order valence-corrected chi connectivity index (χ4v) is 5.58. The number of hydrogen-bond donors (Lipinski definition) is 2. The summed E-state index contributed by atoms with van der Waals surface area (Å²) in [6, 6.07) is 18.8. The van der Waals surface area contributed by atoms with E-state index in [9.17, 15) is 19.8 Å². The van der Waals surface area contributed by atoms with Crippen molar-refractivity contribution in [2.24, 2.45) is 0 Å². The summed E-state index contributed by atoms with van der Waals surface area (Å²) < 4.78 is 34.7. The molecule has 1 heterocycles. The Bertz CT molecular complexity index is 1730. The Hall–Kier alpha value is -5.27. The first-order valence-corrected chi connectivity index (χ1v) is 20.5. The van der Waals surface area contributed by atoms with Crippen LogP contribution in [0.2, 0.25) is 0 Å². The van der Waals surface area contributed by atoms with Gasteiger partial charge in [0.1, 0.15) is 36.2 Å². The number of carbonyl (C=O) groups is 2. The van der Waals surface area contributed by atoms with Gasteiger partial charge >= 0.3 is 11.9 Å². The fraction of sp³-hybridized carbons (Fsp3) is 0.489. The molecule has 0 spiro atoms. The molecule has 2 N–H and O–H groups in total. The molecule has 2 atom stereocenters. The van der Waals surface area contributed by atoms with Crippen LogP contribution in [0.4, 0.5) is 0 Å². The lowest BCUT2D eigenvalue weighted by Gasteiger charge is -2.19. The minimum absolute atomic E-state index is 0.0350. The van der Waals surface area contributed by atoms with E-state index >= 15 is 0 Å². The van der Waals surface area contributed by atoms with Gasteiger partial charge in [-0.3, -0.25) is 9.59 Å². The molecule has 0 aliphatic carbocycles. The van der Waals surface area contributed by atoms with Crippen LogP contribution >= 0.6 is 0 Å². The van der Waals surface area contributed by atoms with Crippen LogP contribution in [-0.4, -0.2) is 89.0 Å². The average Bonchev–Trinajstić information content (AvgIpc) is 3.23. The van der Waals surface area contributed by atoms with E-state index in [1.807, 2.05) is 44.2 Å². The van der Waals surface area contributed by atoms with Crippen LogP contribution in [0.15, 0.2) is 66.7 Å². The molecule has 13 nitrogen and oxygen atoms in total. The summed E-state index contributed by atoms with van der Waals surface area (Å²) >= 11 is 0. The zero-order chi connectivity index (χ0) is 41.5. The van der Waals surface area contributed by atoms with E-state index in [1.54, 1.807) is 24.3 Å². The molecule has 4 rings (SSSR count). The van der Waals surface area contributed by atoms with Crippen molar-refractivity contribution in [3.05, 3.63) is 66.7 Å². The van der Waals surface area contributed by atoms with Gasteiger partial charge in [0.25, 0.3) is 0 Å². The second-order valence-corrected chi connectivity index (χ2v) is 13.9. The molecular formula is C45H59N3O10. The fourth-order valence-electron chi connectivity index (χ4n) is 5.58. The minimum atomic E-state index is -0.619. The van der Waals surface area contributed by atoms with Crippen molar-refractivity contribution in [3.8, 4) is 57.2 Å². The zero-order valence-corrected chi connectivity index (χ0v) is 34.3. The Morgan fingerprint density at radius 2 is 0.983 bits per heavy atom. The highest BCUT2D eigenvalue weighted by Gasteiger charge is 2.21. The molecule has 2 unspecified atom stereocenters. The number of aromatic hydroxyl groups is 2.